The summed E-state index contributed by atoms with van der Waals surface area (Å²) in [6.45, 7) is 0.303. The van der Waals surface area contributed by atoms with Gasteiger partial charge in [-0.05, 0) is 30.7 Å². The number of pyridine rings is 1. The van der Waals surface area contributed by atoms with Crippen LogP contribution in [0.1, 0.15) is 11.3 Å². The van der Waals surface area contributed by atoms with Gasteiger partial charge in [0.2, 0.25) is 0 Å². The minimum atomic E-state index is -4.41. The van der Waals surface area contributed by atoms with Crippen molar-refractivity contribution in [3.8, 4) is 5.75 Å². The molecule has 1 N–H and O–H groups in total. The summed E-state index contributed by atoms with van der Waals surface area (Å²) in [6.07, 6.45) is -3.21. The molecule has 0 saturated heterocycles. The van der Waals surface area contributed by atoms with Crippen molar-refractivity contribution in [3.05, 3.63) is 47.8 Å². The molecule has 0 aliphatic rings. The number of aromatic nitrogens is 3. The largest absolute Gasteiger partial charge is 0.609 e. The molecule has 3 rings (SSSR count). The fourth-order valence-corrected chi connectivity index (χ4v) is 3.31. The molecule has 3 aromatic rings. The second-order valence-electron chi connectivity index (χ2n) is 5.39. The minimum absolute atomic E-state index is 0.0214. The summed E-state index contributed by atoms with van der Waals surface area (Å²) in [6, 6.07) is 8.77. The standard InChI is InChI=1S/C16H14F3N3O2S/c1-10-6-11(24-9-16(17,18)19)7-20-14(10)8-25(23)15-21-12-4-2-3-5-13(12)22-15/h2-7H,8-9H2,1H3,(H,21,22). The molecule has 0 aliphatic carbocycles. The van der Waals surface area contributed by atoms with Crippen LogP contribution >= 0.6 is 0 Å². The number of ether oxygens (including phenoxy) is 1. The van der Waals surface area contributed by atoms with Crippen molar-refractivity contribution in [3.63, 3.8) is 0 Å². The van der Waals surface area contributed by atoms with E-state index < -0.39 is 24.0 Å². The van der Waals surface area contributed by atoms with E-state index in [0.29, 0.717) is 21.9 Å². The zero-order valence-electron chi connectivity index (χ0n) is 13.1. The van der Waals surface area contributed by atoms with Gasteiger partial charge in [-0.1, -0.05) is 12.1 Å². The molecule has 132 valence electrons. The van der Waals surface area contributed by atoms with Gasteiger partial charge in [-0.15, -0.1) is 0 Å². The molecule has 1 aromatic carbocycles. The summed E-state index contributed by atoms with van der Waals surface area (Å²) in [5.41, 5.74) is 2.61. The average Bonchev–Trinajstić information content (AvgIpc) is 2.98. The Balaban J connectivity index is 1.71. The van der Waals surface area contributed by atoms with Crippen LogP contribution in [-0.2, 0) is 16.9 Å². The average molecular weight is 369 g/mol. The molecule has 1 unspecified atom stereocenters. The predicted octanol–water partition coefficient (Wildman–Crippen LogP) is 3.52. The highest BCUT2D eigenvalue weighted by atomic mass is 32.2. The Bertz CT molecular complexity index is 849. The van der Waals surface area contributed by atoms with Crippen LogP contribution in [0.2, 0.25) is 0 Å². The first-order valence-corrected chi connectivity index (χ1v) is 8.62. The monoisotopic (exact) mass is 369 g/mol. The summed E-state index contributed by atoms with van der Waals surface area (Å²) < 4.78 is 53.6. The van der Waals surface area contributed by atoms with E-state index in [-0.39, 0.29) is 11.5 Å². The number of aryl methyl sites for hydroxylation is 1. The van der Waals surface area contributed by atoms with E-state index in [1.165, 1.54) is 12.3 Å². The second kappa shape index (κ2) is 6.93. The normalized spacial score (nSPS) is 13.2. The number of benzene rings is 1. The number of nitrogens with one attached hydrogen (secondary N) is 1. The maximum absolute atomic E-state index is 12.5. The van der Waals surface area contributed by atoms with E-state index >= 15 is 0 Å². The highest BCUT2D eigenvalue weighted by Crippen LogP contribution is 2.22. The van der Waals surface area contributed by atoms with Gasteiger partial charge in [-0.25, -0.2) is 0 Å². The zero-order valence-corrected chi connectivity index (χ0v) is 13.9. The highest BCUT2D eigenvalue weighted by Gasteiger charge is 2.28. The van der Waals surface area contributed by atoms with Crippen LogP contribution in [0.15, 0.2) is 41.7 Å². The number of alkyl halides is 3. The lowest BCUT2D eigenvalue weighted by molar-refractivity contribution is -0.153. The van der Waals surface area contributed by atoms with Gasteiger partial charge >= 0.3 is 11.3 Å². The van der Waals surface area contributed by atoms with Gasteiger partial charge in [-0.3, -0.25) is 9.97 Å². The van der Waals surface area contributed by atoms with Gasteiger partial charge < -0.3 is 9.29 Å². The number of imidazole rings is 1. The van der Waals surface area contributed by atoms with E-state index in [1.807, 2.05) is 24.3 Å². The third kappa shape index (κ3) is 4.43. The van der Waals surface area contributed by atoms with Crippen LogP contribution < -0.4 is 4.74 Å². The molecular weight excluding hydrogens is 355 g/mol. The number of hydrogen-bond donors (Lipinski definition) is 1. The fraction of sp³-hybridized carbons (Fsp3) is 0.250. The smallest absolute Gasteiger partial charge is 0.422 e. The number of hydrogen-bond acceptors (Lipinski definition) is 4. The number of rotatable bonds is 5. The number of H-pyrrole nitrogens is 1. The maximum atomic E-state index is 12.5. The van der Waals surface area contributed by atoms with Crippen molar-refractivity contribution >= 4 is 22.2 Å². The molecule has 1 atom stereocenters. The van der Waals surface area contributed by atoms with Gasteiger partial charge in [0, 0.05) is 11.2 Å². The molecule has 0 radical (unpaired) electrons. The van der Waals surface area contributed by atoms with Crippen molar-refractivity contribution in [1.82, 2.24) is 15.0 Å². The minimum Gasteiger partial charge on any atom is -0.609 e. The van der Waals surface area contributed by atoms with E-state index in [9.17, 15) is 17.7 Å². The third-order valence-corrected chi connectivity index (χ3v) is 4.58. The molecule has 0 amide bonds. The van der Waals surface area contributed by atoms with Gasteiger partial charge in [0.25, 0.3) is 0 Å². The van der Waals surface area contributed by atoms with Crippen LogP contribution in [0, 0.1) is 6.92 Å². The van der Waals surface area contributed by atoms with Crippen LogP contribution in [0.5, 0.6) is 5.75 Å². The van der Waals surface area contributed by atoms with Crippen LogP contribution in [0.3, 0.4) is 0 Å². The molecule has 0 spiro atoms. The molecule has 2 aromatic heterocycles. The Morgan fingerprint density at radius 2 is 2.04 bits per heavy atom. The first kappa shape index (κ1) is 17.6. The Morgan fingerprint density at radius 1 is 1.28 bits per heavy atom. The molecule has 0 aliphatic heterocycles. The molecule has 0 bridgehead atoms. The summed E-state index contributed by atoms with van der Waals surface area (Å²) >= 11 is -1.45. The van der Waals surface area contributed by atoms with Gasteiger partial charge in [-0.2, -0.15) is 18.2 Å². The SMILES string of the molecule is Cc1cc(OCC(F)(F)F)cnc1C[S+]([O-])c1nc2ccccc2[nH]1. The molecule has 0 fully saturated rings. The molecule has 0 saturated carbocycles. The first-order valence-electron chi connectivity index (χ1n) is 7.30. The molecule has 25 heavy (non-hydrogen) atoms. The topological polar surface area (TPSA) is 73.9 Å². The quantitative estimate of drug-likeness (QED) is 0.699. The summed E-state index contributed by atoms with van der Waals surface area (Å²) in [5, 5.41) is 0.333. The summed E-state index contributed by atoms with van der Waals surface area (Å²) in [5.74, 6) is 0.124. The predicted molar refractivity (Wildman–Crippen MR) is 86.7 cm³/mol. The van der Waals surface area contributed by atoms with Crippen LogP contribution in [0.25, 0.3) is 11.0 Å². The lowest BCUT2D eigenvalue weighted by Gasteiger charge is -2.12. The van der Waals surface area contributed by atoms with Crippen molar-refractivity contribution in [1.29, 1.82) is 0 Å². The van der Waals surface area contributed by atoms with Gasteiger partial charge in [0.15, 0.2) is 12.4 Å². The molecule has 2 heterocycles. The van der Waals surface area contributed by atoms with Gasteiger partial charge in [0.05, 0.1) is 22.9 Å². The maximum Gasteiger partial charge on any atom is 0.422 e. The van der Waals surface area contributed by atoms with Gasteiger partial charge in [0.1, 0.15) is 5.75 Å². The zero-order chi connectivity index (χ0) is 18.0. The van der Waals surface area contributed by atoms with E-state index in [0.717, 1.165) is 5.52 Å². The van der Waals surface area contributed by atoms with Crippen LogP contribution in [0.4, 0.5) is 13.2 Å². The van der Waals surface area contributed by atoms with E-state index in [4.69, 9.17) is 0 Å². The Morgan fingerprint density at radius 3 is 2.72 bits per heavy atom. The van der Waals surface area contributed by atoms with Crippen molar-refractivity contribution < 1.29 is 22.5 Å². The second-order valence-corrected chi connectivity index (χ2v) is 6.75. The number of halogens is 3. The lowest BCUT2D eigenvalue weighted by Crippen LogP contribution is -2.19. The Kier molecular flexibility index (Phi) is 4.87. The lowest BCUT2D eigenvalue weighted by atomic mass is 10.2. The number of aromatic amines is 1. The van der Waals surface area contributed by atoms with E-state index in [2.05, 4.69) is 19.7 Å². The van der Waals surface area contributed by atoms with Crippen molar-refractivity contribution in [2.24, 2.45) is 0 Å². The first-order chi connectivity index (χ1) is 11.8. The third-order valence-electron chi connectivity index (χ3n) is 3.42. The Labute approximate surface area is 144 Å². The molecule has 9 heteroatoms. The number of nitrogens with zero attached hydrogens (tertiary/aromatic N) is 2. The van der Waals surface area contributed by atoms with E-state index in [1.54, 1.807) is 6.92 Å². The summed E-state index contributed by atoms with van der Waals surface area (Å²) in [4.78, 5) is 11.3. The Hall–Kier alpha value is -2.26. The molecular formula is C16H14F3N3O2S. The van der Waals surface area contributed by atoms with Crippen LogP contribution in [-0.4, -0.2) is 32.3 Å². The van der Waals surface area contributed by atoms with Crippen molar-refractivity contribution in [2.75, 3.05) is 6.61 Å². The highest BCUT2D eigenvalue weighted by molar-refractivity contribution is 7.90. The molecule has 5 nitrogen and oxygen atoms in total. The number of para-hydroxylation sites is 2. The fourth-order valence-electron chi connectivity index (χ4n) is 2.20. The number of fused-ring (bicyclic) bond motifs is 1. The summed E-state index contributed by atoms with van der Waals surface area (Å²) in [7, 11) is 0. The van der Waals surface area contributed by atoms with Crippen molar-refractivity contribution in [2.45, 2.75) is 24.0 Å².